The maximum Gasteiger partial charge on any atom is 0.0358 e. The van der Waals surface area contributed by atoms with Crippen LogP contribution in [0.2, 0.25) is 0 Å². The second-order valence-electron chi connectivity index (χ2n) is 12.4. The highest BCUT2D eigenvalue weighted by atomic mass is 32.1. The van der Waals surface area contributed by atoms with Crippen LogP contribution in [0.5, 0.6) is 0 Å². The minimum absolute atomic E-state index is 0.320. The number of allylic oxidation sites excluding steroid dienone is 1. The van der Waals surface area contributed by atoms with E-state index in [1.54, 1.807) is 0 Å². The molecule has 0 radical (unpaired) electrons. The maximum absolute atomic E-state index is 4.80. The standard InChI is InChI=1S/C43H28S/c1-25-21-37-30-15-6-5-13-28(30)29-14-7-8-17-32(29)43(37)33-20-19-27-22-34(26-11-3-2-4-12-26)35-24-40-36(23-38(35)42(27)41(25)33)31-16-9-10-18-39(31)44-40/h2-20,23-24,34H,1,21-22H2. The smallest absolute Gasteiger partial charge is 0.0358 e. The quantitative estimate of drug-likeness (QED) is 0.171. The topological polar surface area (TPSA) is 0 Å². The lowest BCUT2D eigenvalue weighted by Gasteiger charge is -2.34. The molecule has 0 saturated heterocycles. The van der Waals surface area contributed by atoms with Gasteiger partial charge in [0.15, 0.2) is 0 Å². The van der Waals surface area contributed by atoms with E-state index in [1.807, 2.05) is 11.3 Å². The van der Waals surface area contributed by atoms with Crippen LogP contribution in [0.25, 0.3) is 69.5 Å². The molecule has 206 valence electrons. The van der Waals surface area contributed by atoms with Crippen molar-refractivity contribution < 1.29 is 0 Å². The monoisotopic (exact) mass is 576 g/mol. The van der Waals surface area contributed by atoms with E-state index >= 15 is 0 Å². The van der Waals surface area contributed by atoms with Crippen molar-refractivity contribution in [2.45, 2.75) is 18.8 Å². The van der Waals surface area contributed by atoms with Gasteiger partial charge >= 0.3 is 0 Å². The molecule has 0 aliphatic heterocycles. The van der Waals surface area contributed by atoms with Crippen LogP contribution in [-0.4, -0.2) is 0 Å². The molecule has 0 bridgehead atoms. The number of hydrogen-bond acceptors (Lipinski definition) is 1. The lowest BCUT2D eigenvalue weighted by molar-refractivity contribution is 0.795. The molecule has 2 aliphatic carbocycles. The first kappa shape index (κ1) is 24.5. The molecule has 0 saturated carbocycles. The van der Waals surface area contributed by atoms with E-state index in [9.17, 15) is 0 Å². The molecule has 0 amide bonds. The highest BCUT2D eigenvalue weighted by Crippen LogP contribution is 2.54. The van der Waals surface area contributed by atoms with Crippen molar-refractivity contribution in [3.63, 3.8) is 0 Å². The summed E-state index contributed by atoms with van der Waals surface area (Å²) >= 11 is 1.92. The number of benzene rings is 7. The molecule has 8 aromatic rings. The summed E-state index contributed by atoms with van der Waals surface area (Å²) in [5.41, 5.74) is 13.7. The number of rotatable bonds is 1. The van der Waals surface area contributed by atoms with Crippen molar-refractivity contribution in [1.82, 2.24) is 0 Å². The molecule has 44 heavy (non-hydrogen) atoms. The highest BCUT2D eigenvalue weighted by molar-refractivity contribution is 7.25. The Morgan fingerprint density at radius 3 is 2.02 bits per heavy atom. The van der Waals surface area contributed by atoms with Gasteiger partial charge in [-0.25, -0.2) is 0 Å². The first-order valence-electron chi connectivity index (χ1n) is 15.5. The Hall–Kier alpha value is -4.98. The number of hydrogen-bond donors (Lipinski definition) is 0. The maximum atomic E-state index is 4.80. The molecule has 7 aromatic carbocycles. The summed E-state index contributed by atoms with van der Waals surface area (Å²) in [6.07, 6.45) is 1.86. The average molecular weight is 577 g/mol. The van der Waals surface area contributed by atoms with Gasteiger partial charge in [-0.05, 0) is 108 Å². The molecule has 1 heterocycles. The predicted octanol–water partition coefficient (Wildman–Crippen LogP) is 12.0. The summed E-state index contributed by atoms with van der Waals surface area (Å²) in [4.78, 5) is 0. The lowest BCUT2D eigenvalue weighted by Crippen LogP contribution is -2.16. The van der Waals surface area contributed by atoms with Crippen LogP contribution in [0, 0.1) is 0 Å². The number of thiophene rings is 1. The van der Waals surface area contributed by atoms with Crippen molar-refractivity contribution in [2.24, 2.45) is 0 Å². The second-order valence-corrected chi connectivity index (χ2v) is 13.5. The third kappa shape index (κ3) is 3.28. The van der Waals surface area contributed by atoms with Crippen LogP contribution in [0.4, 0.5) is 0 Å². The molecular weight excluding hydrogens is 549 g/mol. The van der Waals surface area contributed by atoms with Gasteiger partial charge in [0.2, 0.25) is 0 Å². The summed E-state index contributed by atoms with van der Waals surface area (Å²) in [7, 11) is 0. The van der Waals surface area contributed by atoms with Gasteiger partial charge in [0.25, 0.3) is 0 Å². The van der Waals surface area contributed by atoms with Gasteiger partial charge < -0.3 is 0 Å². The predicted molar refractivity (Wildman–Crippen MR) is 190 cm³/mol. The zero-order valence-corrected chi connectivity index (χ0v) is 25.0. The van der Waals surface area contributed by atoms with Gasteiger partial charge in [0.1, 0.15) is 0 Å². The summed E-state index contributed by atoms with van der Waals surface area (Å²) in [5, 5.41) is 8.06. The van der Waals surface area contributed by atoms with Crippen molar-refractivity contribution >= 4 is 58.6 Å². The molecule has 2 aliphatic rings. The molecule has 1 atom stereocenters. The fraction of sp³-hybridized carbons (Fsp3) is 0.0698. The van der Waals surface area contributed by atoms with Gasteiger partial charge in [0, 0.05) is 26.1 Å². The largest absolute Gasteiger partial charge is 0.135 e. The molecule has 1 unspecified atom stereocenters. The third-order valence-electron chi connectivity index (χ3n) is 10.2. The van der Waals surface area contributed by atoms with E-state index in [0.29, 0.717) is 5.92 Å². The first-order chi connectivity index (χ1) is 21.7. The summed E-state index contributed by atoms with van der Waals surface area (Å²) in [6, 6.07) is 47.7. The van der Waals surface area contributed by atoms with Crippen molar-refractivity contribution in [3.05, 3.63) is 162 Å². The minimum atomic E-state index is 0.320. The number of fused-ring (bicyclic) bond motifs is 15. The second kappa shape index (κ2) is 9.02. The van der Waals surface area contributed by atoms with Crippen LogP contribution < -0.4 is 0 Å². The Balaban J connectivity index is 1.32. The molecule has 0 spiro atoms. The van der Waals surface area contributed by atoms with Gasteiger partial charge in [-0.3, -0.25) is 0 Å². The molecule has 1 heteroatoms. The van der Waals surface area contributed by atoms with Crippen LogP contribution in [0.15, 0.2) is 134 Å². The van der Waals surface area contributed by atoms with E-state index in [2.05, 4.69) is 127 Å². The fourth-order valence-corrected chi connectivity index (χ4v) is 9.45. The Morgan fingerprint density at radius 2 is 1.20 bits per heavy atom. The van der Waals surface area contributed by atoms with E-state index in [0.717, 1.165) is 12.8 Å². The Bertz CT molecular complexity index is 2510. The van der Waals surface area contributed by atoms with Crippen LogP contribution in [0.1, 0.15) is 33.7 Å². The van der Waals surface area contributed by atoms with Gasteiger partial charge in [-0.15, -0.1) is 11.3 Å². The van der Waals surface area contributed by atoms with Crippen molar-refractivity contribution in [2.75, 3.05) is 0 Å². The van der Waals surface area contributed by atoms with Gasteiger partial charge in [-0.1, -0.05) is 116 Å². The summed E-state index contributed by atoms with van der Waals surface area (Å²) in [5.74, 6) is 0.320. The van der Waals surface area contributed by atoms with Gasteiger partial charge in [0.05, 0.1) is 0 Å². The van der Waals surface area contributed by atoms with Crippen LogP contribution in [-0.2, 0) is 12.8 Å². The van der Waals surface area contributed by atoms with Gasteiger partial charge in [-0.2, -0.15) is 0 Å². The lowest BCUT2D eigenvalue weighted by atomic mass is 9.69. The Labute approximate surface area is 260 Å². The summed E-state index contributed by atoms with van der Waals surface area (Å²) in [6.45, 7) is 4.80. The van der Waals surface area contributed by atoms with Crippen LogP contribution in [0.3, 0.4) is 0 Å². The normalized spacial score (nSPS) is 15.4. The van der Waals surface area contributed by atoms with Crippen molar-refractivity contribution in [3.8, 4) is 22.3 Å². The Kier molecular flexibility index (Phi) is 5.01. The zero-order valence-electron chi connectivity index (χ0n) is 24.2. The SMILES string of the molecule is C=C1Cc2c(c3ccccc3c3ccccc23)-c2ccc3c(c21)-c1cc2c(cc1C(c1ccccc1)C3)sc1ccccc12. The van der Waals surface area contributed by atoms with E-state index < -0.39 is 0 Å². The molecule has 10 rings (SSSR count). The molecule has 0 fully saturated rings. The highest BCUT2D eigenvalue weighted by Gasteiger charge is 2.33. The van der Waals surface area contributed by atoms with E-state index in [-0.39, 0.29) is 0 Å². The fourth-order valence-electron chi connectivity index (χ4n) is 8.31. The molecule has 0 nitrogen and oxygen atoms in total. The first-order valence-corrected chi connectivity index (χ1v) is 16.3. The minimum Gasteiger partial charge on any atom is -0.135 e. The summed E-state index contributed by atoms with van der Waals surface area (Å²) < 4.78 is 2.73. The van der Waals surface area contributed by atoms with Crippen LogP contribution >= 0.6 is 11.3 Å². The zero-order chi connectivity index (χ0) is 28.9. The third-order valence-corrected chi connectivity index (χ3v) is 11.3. The molecular formula is C43H28S. The Morgan fingerprint density at radius 1 is 0.523 bits per heavy atom. The van der Waals surface area contributed by atoms with E-state index in [4.69, 9.17) is 6.58 Å². The van der Waals surface area contributed by atoms with Crippen molar-refractivity contribution in [1.29, 1.82) is 0 Å². The molecule has 1 aromatic heterocycles. The molecule has 0 N–H and O–H groups in total. The van der Waals surface area contributed by atoms with E-state index in [1.165, 1.54) is 97.4 Å². The average Bonchev–Trinajstić information content (AvgIpc) is 3.44.